The second kappa shape index (κ2) is 5.08. The highest BCUT2D eigenvalue weighted by Gasteiger charge is 2.06. The van der Waals surface area contributed by atoms with Crippen LogP contribution in [0, 0.1) is 5.82 Å². The minimum Gasteiger partial charge on any atom is -0.392 e. The average Bonchev–Trinajstić information content (AvgIpc) is 2.07. The van der Waals surface area contributed by atoms with Gasteiger partial charge in [-0.05, 0) is 20.0 Å². The Hall–Kier alpha value is -0.930. The van der Waals surface area contributed by atoms with Crippen LogP contribution in [0.5, 0.6) is 0 Å². The van der Waals surface area contributed by atoms with E-state index in [2.05, 4.69) is 0 Å². The fraction of sp³-hybridized carbons (Fsp3) is 0.455. The normalized spacial score (nSPS) is 13.2. The van der Waals surface area contributed by atoms with Crippen molar-refractivity contribution in [3.05, 3.63) is 35.6 Å². The van der Waals surface area contributed by atoms with Crippen LogP contribution >= 0.6 is 0 Å². The maximum absolute atomic E-state index is 13.2. The molecule has 0 heterocycles. The third-order valence-corrected chi connectivity index (χ3v) is 1.97. The van der Waals surface area contributed by atoms with Gasteiger partial charge in [-0.1, -0.05) is 18.2 Å². The van der Waals surface area contributed by atoms with Gasteiger partial charge in [0, 0.05) is 18.7 Å². The van der Waals surface area contributed by atoms with Gasteiger partial charge in [-0.25, -0.2) is 4.39 Å². The van der Waals surface area contributed by atoms with Crippen LogP contribution in [-0.2, 0) is 6.54 Å². The van der Waals surface area contributed by atoms with E-state index >= 15 is 0 Å². The number of nitrogens with zero attached hydrogens (tertiary/aromatic N) is 1. The SMILES string of the molecule is C[C@@H](O)CN(C)Cc1ccccc1F. The van der Waals surface area contributed by atoms with Gasteiger partial charge >= 0.3 is 0 Å². The molecule has 0 aliphatic carbocycles. The summed E-state index contributed by atoms with van der Waals surface area (Å²) in [7, 11) is 1.86. The Balaban J connectivity index is 2.56. The molecule has 0 bridgehead atoms. The molecule has 0 saturated heterocycles. The van der Waals surface area contributed by atoms with Gasteiger partial charge in [-0.15, -0.1) is 0 Å². The Morgan fingerprint density at radius 1 is 1.43 bits per heavy atom. The van der Waals surface area contributed by atoms with Crippen molar-refractivity contribution >= 4 is 0 Å². The Morgan fingerprint density at radius 3 is 2.64 bits per heavy atom. The topological polar surface area (TPSA) is 23.5 Å². The highest BCUT2D eigenvalue weighted by molar-refractivity contribution is 5.16. The number of hydrogen-bond acceptors (Lipinski definition) is 2. The molecule has 78 valence electrons. The third kappa shape index (κ3) is 3.44. The van der Waals surface area contributed by atoms with Crippen LogP contribution in [0.3, 0.4) is 0 Å². The van der Waals surface area contributed by atoms with Crippen LogP contribution in [0.2, 0.25) is 0 Å². The predicted molar refractivity (Wildman–Crippen MR) is 54.4 cm³/mol. The molecule has 0 fully saturated rings. The molecule has 0 amide bonds. The molecule has 0 spiro atoms. The summed E-state index contributed by atoms with van der Waals surface area (Å²) in [6.07, 6.45) is -0.383. The minimum atomic E-state index is -0.383. The van der Waals surface area contributed by atoms with Crippen molar-refractivity contribution in [2.75, 3.05) is 13.6 Å². The van der Waals surface area contributed by atoms with Gasteiger partial charge in [0.05, 0.1) is 6.10 Å². The highest BCUT2D eigenvalue weighted by Crippen LogP contribution is 2.08. The molecule has 1 aromatic carbocycles. The van der Waals surface area contributed by atoms with Gasteiger partial charge in [0.15, 0.2) is 0 Å². The van der Waals surface area contributed by atoms with Crippen molar-refractivity contribution in [2.45, 2.75) is 19.6 Å². The van der Waals surface area contributed by atoms with Crippen LogP contribution in [-0.4, -0.2) is 29.7 Å². The Morgan fingerprint density at radius 2 is 2.07 bits per heavy atom. The molecule has 1 atom stereocenters. The number of likely N-dealkylation sites (N-methyl/N-ethyl adjacent to an activating group) is 1. The lowest BCUT2D eigenvalue weighted by Gasteiger charge is -2.18. The lowest BCUT2D eigenvalue weighted by molar-refractivity contribution is 0.137. The van der Waals surface area contributed by atoms with E-state index < -0.39 is 0 Å². The first-order chi connectivity index (χ1) is 6.59. The number of halogens is 1. The average molecular weight is 197 g/mol. The first-order valence-corrected chi connectivity index (χ1v) is 4.69. The van der Waals surface area contributed by atoms with Crippen molar-refractivity contribution in [3.63, 3.8) is 0 Å². The fourth-order valence-corrected chi connectivity index (χ4v) is 1.43. The van der Waals surface area contributed by atoms with Gasteiger partial charge in [0.1, 0.15) is 5.82 Å². The number of benzene rings is 1. The molecule has 0 aliphatic rings. The van der Waals surface area contributed by atoms with E-state index in [1.54, 1.807) is 19.1 Å². The second-order valence-electron chi connectivity index (χ2n) is 3.64. The summed E-state index contributed by atoms with van der Waals surface area (Å²) >= 11 is 0. The van der Waals surface area contributed by atoms with E-state index in [1.165, 1.54) is 6.07 Å². The highest BCUT2D eigenvalue weighted by atomic mass is 19.1. The third-order valence-electron chi connectivity index (χ3n) is 1.97. The number of rotatable bonds is 4. The minimum absolute atomic E-state index is 0.190. The van der Waals surface area contributed by atoms with Gasteiger partial charge in [0.2, 0.25) is 0 Å². The standard InChI is InChI=1S/C11H16FNO/c1-9(14)7-13(2)8-10-5-3-4-6-11(10)12/h3-6,9,14H,7-8H2,1-2H3/t9-/m1/s1. The van der Waals surface area contributed by atoms with Crippen LogP contribution in [0.25, 0.3) is 0 Å². The summed E-state index contributed by atoms with van der Waals surface area (Å²) in [5, 5.41) is 9.13. The summed E-state index contributed by atoms with van der Waals surface area (Å²) in [5.74, 6) is -0.190. The van der Waals surface area contributed by atoms with Crippen LogP contribution < -0.4 is 0 Å². The van der Waals surface area contributed by atoms with Crippen molar-refractivity contribution in [2.24, 2.45) is 0 Å². The number of hydrogen-bond donors (Lipinski definition) is 1. The molecule has 2 nitrogen and oxygen atoms in total. The summed E-state index contributed by atoms with van der Waals surface area (Å²) in [4.78, 5) is 1.89. The zero-order valence-electron chi connectivity index (χ0n) is 8.57. The Labute approximate surface area is 84.0 Å². The van der Waals surface area contributed by atoms with Gasteiger partial charge in [-0.3, -0.25) is 4.90 Å². The van der Waals surface area contributed by atoms with Crippen molar-refractivity contribution in [1.82, 2.24) is 4.90 Å². The number of aliphatic hydroxyl groups excluding tert-OH is 1. The zero-order valence-corrected chi connectivity index (χ0v) is 8.57. The molecule has 1 N–H and O–H groups in total. The molecule has 0 aliphatic heterocycles. The van der Waals surface area contributed by atoms with E-state index in [-0.39, 0.29) is 11.9 Å². The zero-order chi connectivity index (χ0) is 10.6. The molecule has 0 unspecified atom stereocenters. The van der Waals surface area contributed by atoms with E-state index in [0.29, 0.717) is 18.7 Å². The van der Waals surface area contributed by atoms with Crippen LogP contribution in [0.4, 0.5) is 4.39 Å². The summed E-state index contributed by atoms with van der Waals surface area (Å²) in [6.45, 7) is 2.80. The van der Waals surface area contributed by atoms with E-state index in [9.17, 15) is 4.39 Å². The van der Waals surface area contributed by atoms with Gasteiger partial charge in [-0.2, -0.15) is 0 Å². The maximum Gasteiger partial charge on any atom is 0.127 e. The Bertz CT molecular complexity index is 288. The maximum atomic E-state index is 13.2. The van der Waals surface area contributed by atoms with E-state index in [0.717, 1.165) is 0 Å². The van der Waals surface area contributed by atoms with Gasteiger partial charge < -0.3 is 5.11 Å². The molecule has 0 saturated carbocycles. The monoisotopic (exact) mass is 197 g/mol. The molecule has 1 aromatic rings. The molecule has 14 heavy (non-hydrogen) atoms. The van der Waals surface area contributed by atoms with Crippen LogP contribution in [0.1, 0.15) is 12.5 Å². The van der Waals surface area contributed by atoms with Gasteiger partial charge in [0.25, 0.3) is 0 Å². The molecule has 1 rings (SSSR count). The second-order valence-corrected chi connectivity index (χ2v) is 3.64. The van der Waals surface area contributed by atoms with Crippen molar-refractivity contribution in [1.29, 1.82) is 0 Å². The van der Waals surface area contributed by atoms with Crippen molar-refractivity contribution < 1.29 is 9.50 Å². The lowest BCUT2D eigenvalue weighted by Crippen LogP contribution is -2.27. The Kier molecular flexibility index (Phi) is 4.04. The summed E-state index contributed by atoms with van der Waals surface area (Å²) < 4.78 is 13.2. The van der Waals surface area contributed by atoms with Crippen molar-refractivity contribution in [3.8, 4) is 0 Å². The summed E-state index contributed by atoms with van der Waals surface area (Å²) in [5.41, 5.74) is 0.663. The first kappa shape index (κ1) is 11.1. The largest absolute Gasteiger partial charge is 0.392 e. The molecule has 0 aromatic heterocycles. The molecular weight excluding hydrogens is 181 g/mol. The predicted octanol–water partition coefficient (Wildman–Crippen LogP) is 1.64. The number of aliphatic hydroxyl groups is 1. The quantitative estimate of drug-likeness (QED) is 0.793. The lowest BCUT2D eigenvalue weighted by atomic mass is 10.2. The summed E-state index contributed by atoms with van der Waals surface area (Å²) in [6, 6.07) is 6.70. The molecule has 0 radical (unpaired) electrons. The first-order valence-electron chi connectivity index (χ1n) is 4.69. The fourth-order valence-electron chi connectivity index (χ4n) is 1.43. The van der Waals surface area contributed by atoms with E-state index in [1.807, 2.05) is 18.0 Å². The molecule has 3 heteroatoms. The van der Waals surface area contributed by atoms with E-state index in [4.69, 9.17) is 5.11 Å². The smallest absolute Gasteiger partial charge is 0.127 e. The van der Waals surface area contributed by atoms with Crippen LogP contribution in [0.15, 0.2) is 24.3 Å². The molecular formula is C11H16FNO.